The molecule has 3 aromatic rings. The van der Waals surface area contributed by atoms with E-state index in [0.29, 0.717) is 21.0 Å². The Morgan fingerprint density at radius 1 is 1.34 bits per heavy atom. The number of carbonyl (C=O) groups is 1. The average Bonchev–Trinajstić information content (AvgIpc) is 3.14. The number of carbonyl (C=O) groups excluding carboxylic acids is 1. The summed E-state index contributed by atoms with van der Waals surface area (Å²) in [4.78, 5) is 32.0. The van der Waals surface area contributed by atoms with Gasteiger partial charge in [-0.3, -0.25) is 9.36 Å². The molecule has 2 aromatic heterocycles. The number of hydrogen-bond donors (Lipinski definition) is 0. The van der Waals surface area contributed by atoms with Crippen LogP contribution in [0.1, 0.15) is 36.0 Å². The highest BCUT2D eigenvalue weighted by Gasteiger charge is 2.23. The van der Waals surface area contributed by atoms with Crippen LogP contribution in [0.25, 0.3) is 10.2 Å². The first kappa shape index (κ1) is 22.6. The first-order valence-electron chi connectivity index (χ1n) is 10.1. The summed E-state index contributed by atoms with van der Waals surface area (Å²) in [7, 11) is 0. The third-order valence-electron chi connectivity index (χ3n) is 5.26. The van der Waals surface area contributed by atoms with Crippen LogP contribution >= 0.6 is 34.5 Å². The van der Waals surface area contributed by atoms with E-state index >= 15 is 0 Å². The van der Waals surface area contributed by atoms with E-state index in [1.165, 1.54) is 33.8 Å². The summed E-state index contributed by atoms with van der Waals surface area (Å²) in [5, 5.41) is 10.5. The van der Waals surface area contributed by atoms with Gasteiger partial charge in [-0.25, -0.2) is 9.78 Å². The lowest BCUT2D eigenvalue weighted by Gasteiger charge is -2.16. The van der Waals surface area contributed by atoms with Gasteiger partial charge in [0.1, 0.15) is 23.7 Å². The third kappa shape index (κ3) is 4.46. The van der Waals surface area contributed by atoms with Crippen LogP contribution < -0.4 is 10.3 Å². The Morgan fingerprint density at radius 3 is 2.88 bits per heavy atom. The van der Waals surface area contributed by atoms with Gasteiger partial charge in [0.15, 0.2) is 11.9 Å². The number of thiophene rings is 1. The van der Waals surface area contributed by atoms with Crippen LogP contribution in [0.2, 0.25) is 10.0 Å². The molecule has 0 saturated carbocycles. The Labute approximate surface area is 198 Å². The molecule has 2 heterocycles. The Hall–Kier alpha value is -2.60. The summed E-state index contributed by atoms with van der Waals surface area (Å²) < 4.78 is 12.2. The maximum absolute atomic E-state index is 13.1. The number of hydrogen-bond acceptors (Lipinski definition) is 7. The maximum atomic E-state index is 13.1. The molecule has 0 N–H and O–H groups in total. The number of halogens is 2. The van der Waals surface area contributed by atoms with E-state index in [1.807, 2.05) is 6.07 Å². The molecule has 1 unspecified atom stereocenters. The van der Waals surface area contributed by atoms with Gasteiger partial charge in [0, 0.05) is 9.90 Å². The minimum Gasteiger partial charge on any atom is -0.477 e. The Kier molecular flexibility index (Phi) is 6.70. The largest absolute Gasteiger partial charge is 0.477 e. The van der Waals surface area contributed by atoms with Gasteiger partial charge in [-0.2, -0.15) is 5.26 Å². The van der Waals surface area contributed by atoms with E-state index in [9.17, 15) is 14.9 Å². The van der Waals surface area contributed by atoms with Crippen molar-refractivity contribution in [2.45, 2.75) is 51.9 Å². The second-order valence-electron chi connectivity index (χ2n) is 7.41. The standard InChI is InChI=1S/C22H19Cl2N3O4S/c1-12(31-16-7-6-13(23)10-15(16)24)22(29)30-11-18-26-20-19(21(28)27(18)9-8-25)14-4-2-3-5-17(14)32-20/h6-7,10,12H,2-5,9,11H2,1H3. The first-order valence-corrected chi connectivity index (χ1v) is 11.7. The molecule has 7 nitrogen and oxygen atoms in total. The molecule has 1 aliphatic carbocycles. The van der Waals surface area contributed by atoms with E-state index in [-0.39, 0.29) is 29.6 Å². The molecule has 0 spiro atoms. The molecular formula is C22H19Cl2N3O4S. The van der Waals surface area contributed by atoms with Crippen LogP contribution in [0.15, 0.2) is 23.0 Å². The Bertz CT molecular complexity index is 1300. The molecule has 0 radical (unpaired) electrons. The number of nitriles is 1. The molecule has 32 heavy (non-hydrogen) atoms. The zero-order valence-electron chi connectivity index (χ0n) is 17.2. The second kappa shape index (κ2) is 9.49. The molecule has 0 fully saturated rings. The normalized spacial score (nSPS) is 13.9. The zero-order chi connectivity index (χ0) is 22.8. The van der Waals surface area contributed by atoms with E-state index in [2.05, 4.69) is 4.98 Å². The smallest absolute Gasteiger partial charge is 0.347 e. The fourth-order valence-electron chi connectivity index (χ4n) is 3.69. The summed E-state index contributed by atoms with van der Waals surface area (Å²) in [5.74, 6) is -0.127. The SMILES string of the molecule is CC(Oc1ccc(Cl)cc1Cl)C(=O)OCc1nc2sc3c(c2c(=O)n1CC#N)CCCC3. The molecular weight excluding hydrogens is 473 g/mol. The highest BCUT2D eigenvalue weighted by molar-refractivity contribution is 7.18. The zero-order valence-corrected chi connectivity index (χ0v) is 19.5. The Morgan fingerprint density at radius 2 is 2.12 bits per heavy atom. The van der Waals surface area contributed by atoms with Crippen molar-refractivity contribution in [1.29, 1.82) is 5.26 Å². The predicted molar refractivity (Wildman–Crippen MR) is 122 cm³/mol. The van der Waals surface area contributed by atoms with Gasteiger partial charge < -0.3 is 9.47 Å². The molecule has 0 aliphatic heterocycles. The number of benzene rings is 1. The van der Waals surface area contributed by atoms with Crippen molar-refractivity contribution in [3.63, 3.8) is 0 Å². The number of nitrogens with zero attached hydrogens (tertiary/aromatic N) is 3. The van der Waals surface area contributed by atoms with Crippen LogP contribution in [0.3, 0.4) is 0 Å². The van der Waals surface area contributed by atoms with Gasteiger partial charge in [-0.15, -0.1) is 11.3 Å². The topological polar surface area (TPSA) is 94.2 Å². The minimum atomic E-state index is -0.956. The second-order valence-corrected chi connectivity index (χ2v) is 9.34. The summed E-state index contributed by atoms with van der Waals surface area (Å²) in [6.07, 6.45) is 2.94. The highest BCUT2D eigenvalue weighted by Crippen LogP contribution is 2.34. The monoisotopic (exact) mass is 491 g/mol. The average molecular weight is 492 g/mol. The van der Waals surface area contributed by atoms with Crippen molar-refractivity contribution in [2.75, 3.05) is 0 Å². The molecule has 1 atom stereocenters. The van der Waals surface area contributed by atoms with Crippen molar-refractivity contribution in [3.8, 4) is 11.8 Å². The molecule has 0 saturated heterocycles. The fourth-order valence-corrected chi connectivity index (χ4v) is 5.41. The number of aryl methyl sites for hydroxylation is 2. The van der Waals surface area contributed by atoms with Crippen molar-refractivity contribution in [2.24, 2.45) is 0 Å². The van der Waals surface area contributed by atoms with Crippen LogP contribution in [0.4, 0.5) is 0 Å². The molecule has 4 rings (SSSR count). The summed E-state index contributed by atoms with van der Waals surface area (Å²) in [6, 6.07) is 6.66. The number of ether oxygens (including phenoxy) is 2. The quantitative estimate of drug-likeness (QED) is 0.464. The van der Waals surface area contributed by atoms with E-state index in [4.69, 9.17) is 32.7 Å². The van der Waals surface area contributed by atoms with Gasteiger partial charge in [0.25, 0.3) is 5.56 Å². The molecule has 0 amide bonds. The number of rotatable bonds is 6. The van der Waals surface area contributed by atoms with Gasteiger partial charge in [-0.05, 0) is 56.4 Å². The maximum Gasteiger partial charge on any atom is 0.347 e. The summed E-state index contributed by atoms with van der Waals surface area (Å²) in [6.45, 7) is 1.10. The van der Waals surface area contributed by atoms with Crippen LogP contribution in [0.5, 0.6) is 5.75 Å². The predicted octanol–water partition coefficient (Wildman–Crippen LogP) is 4.68. The van der Waals surface area contributed by atoms with Gasteiger partial charge in [-0.1, -0.05) is 23.2 Å². The number of fused-ring (bicyclic) bond motifs is 3. The first-order chi connectivity index (χ1) is 15.4. The van der Waals surface area contributed by atoms with Gasteiger partial charge >= 0.3 is 5.97 Å². The lowest BCUT2D eigenvalue weighted by Crippen LogP contribution is -2.29. The summed E-state index contributed by atoms with van der Waals surface area (Å²) >= 11 is 13.5. The lowest BCUT2D eigenvalue weighted by molar-refractivity contribution is -0.152. The lowest BCUT2D eigenvalue weighted by atomic mass is 9.97. The van der Waals surface area contributed by atoms with Crippen molar-refractivity contribution >= 4 is 50.7 Å². The number of esters is 1. The van der Waals surface area contributed by atoms with Gasteiger partial charge in [0.2, 0.25) is 0 Å². The Balaban J connectivity index is 1.55. The van der Waals surface area contributed by atoms with Crippen LogP contribution in [-0.4, -0.2) is 21.6 Å². The van der Waals surface area contributed by atoms with Crippen molar-refractivity contribution < 1.29 is 14.3 Å². The molecule has 1 aromatic carbocycles. The minimum absolute atomic E-state index is 0.175. The van der Waals surface area contributed by atoms with Crippen LogP contribution in [-0.2, 0) is 35.5 Å². The molecule has 0 bridgehead atoms. The number of aromatic nitrogens is 2. The fraction of sp³-hybridized carbons (Fsp3) is 0.364. The molecule has 1 aliphatic rings. The van der Waals surface area contributed by atoms with Gasteiger partial charge in [0.05, 0.1) is 16.5 Å². The van der Waals surface area contributed by atoms with Crippen LogP contribution in [0, 0.1) is 11.3 Å². The highest BCUT2D eigenvalue weighted by atomic mass is 35.5. The van der Waals surface area contributed by atoms with Crippen molar-refractivity contribution in [1.82, 2.24) is 9.55 Å². The van der Waals surface area contributed by atoms with Crippen molar-refractivity contribution in [3.05, 3.63) is 54.9 Å². The van der Waals surface area contributed by atoms with E-state index in [1.54, 1.807) is 12.1 Å². The summed E-state index contributed by atoms with van der Waals surface area (Å²) in [5.41, 5.74) is 0.782. The van der Waals surface area contributed by atoms with E-state index in [0.717, 1.165) is 31.2 Å². The molecule has 166 valence electrons. The molecule has 10 heteroatoms. The third-order valence-corrected chi connectivity index (χ3v) is 6.97. The van der Waals surface area contributed by atoms with E-state index < -0.39 is 12.1 Å².